The summed E-state index contributed by atoms with van der Waals surface area (Å²) in [5.74, 6) is -4.87. The molecule has 4 aromatic heterocycles. The van der Waals surface area contributed by atoms with E-state index in [-0.39, 0.29) is 62.0 Å². The molecule has 4 aromatic rings. The Hall–Kier alpha value is -5.60. The van der Waals surface area contributed by atoms with E-state index in [1.54, 1.807) is 48.5 Å². The van der Waals surface area contributed by atoms with Crippen LogP contribution in [0.3, 0.4) is 0 Å². The van der Waals surface area contributed by atoms with E-state index in [9.17, 15) is 39.6 Å². The summed E-state index contributed by atoms with van der Waals surface area (Å²) in [6.45, 7) is 0.783. The fourth-order valence-electron chi connectivity index (χ4n) is 4.71. The molecule has 0 aliphatic rings. The average Bonchev–Trinajstić information content (AvgIpc) is 3.00. The summed E-state index contributed by atoms with van der Waals surface area (Å²) in [6, 6.07) is 12.9. The van der Waals surface area contributed by atoms with E-state index in [0.29, 0.717) is 22.3 Å². The molecule has 44 heavy (non-hydrogen) atoms. The van der Waals surface area contributed by atoms with Gasteiger partial charge in [0.05, 0.1) is 0 Å². The lowest BCUT2D eigenvalue weighted by Crippen LogP contribution is -2.35. The number of nitrogens with zero attached hydrogens (tertiary/aromatic N) is 6. The smallest absolute Gasteiger partial charge is 0.354 e. The molecule has 4 N–H and O–H groups in total. The van der Waals surface area contributed by atoms with Crippen LogP contribution < -0.4 is 0 Å². The molecule has 0 aliphatic carbocycles. The van der Waals surface area contributed by atoms with Crippen molar-refractivity contribution in [2.45, 2.75) is 26.2 Å². The Morgan fingerprint density at radius 1 is 0.455 bits per heavy atom. The van der Waals surface area contributed by atoms with Crippen molar-refractivity contribution in [3.63, 3.8) is 0 Å². The van der Waals surface area contributed by atoms with E-state index in [2.05, 4.69) is 19.9 Å². The van der Waals surface area contributed by atoms with Crippen LogP contribution in [0, 0.1) is 0 Å². The van der Waals surface area contributed by atoms with E-state index in [1.165, 1.54) is 24.8 Å². The highest BCUT2D eigenvalue weighted by molar-refractivity contribution is 5.88. The second-order valence-electron chi connectivity index (χ2n) is 9.69. The molecule has 4 rings (SSSR count). The number of hydrogen-bond acceptors (Lipinski definition) is 10. The van der Waals surface area contributed by atoms with Gasteiger partial charge in [0, 0.05) is 64.1 Å². The van der Waals surface area contributed by atoms with Gasteiger partial charge in [0.25, 0.3) is 0 Å². The minimum absolute atomic E-state index is 0.0812. The van der Waals surface area contributed by atoms with Crippen LogP contribution in [-0.2, 0) is 26.2 Å². The van der Waals surface area contributed by atoms with Gasteiger partial charge in [-0.1, -0.05) is 24.3 Å². The number of hydrogen-bond donors (Lipinski definition) is 4. The van der Waals surface area contributed by atoms with Crippen LogP contribution in [0.2, 0.25) is 0 Å². The SMILES string of the molecule is O=C(O)c1ncccc1CN(CCN(Cc1cccnc1C(=O)O)Cc1cccnc1C(=O)O)Cc1cccnc1C(=O)O. The Balaban J connectivity index is 1.68. The molecular formula is C30H28N6O8. The second kappa shape index (κ2) is 14.5. The summed E-state index contributed by atoms with van der Waals surface area (Å²) in [5.41, 5.74) is 0.982. The number of carbonyl (C=O) groups is 4. The summed E-state index contributed by atoms with van der Waals surface area (Å²) < 4.78 is 0. The summed E-state index contributed by atoms with van der Waals surface area (Å²) in [6.07, 6.45) is 5.46. The van der Waals surface area contributed by atoms with E-state index < -0.39 is 23.9 Å². The van der Waals surface area contributed by atoms with Crippen LogP contribution in [0.5, 0.6) is 0 Å². The zero-order valence-corrected chi connectivity index (χ0v) is 23.3. The summed E-state index contributed by atoms with van der Waals surface area (Å²) in [5, 5.41) is 38.8. The van der Waals surface area contributed by atoms with Crippen molar-refractivity contribution in [1.82, 2.24) is 29.7 Å². The molecule has 0 radical (unpaired) electrons. The first-order chi connectivity index (χ1) is 21.1. The van der Waals surface area contributed by atoms with Crippen LogP contribution >= 0.6 is 0 Å². The van der Waals surface area contributed by atoms with Crippen LogP contribution in [0.4, 0.5) is 0 Å². The molecule has 0 saturated carbocycles. The molecule has 226 valence electrons. The van der Waals surface area contributed by atoms with Gasteiger partial charge in [-0.3, -0.25) is 9.80 Å². The van der Waals surface area contributed by atoms with Crippen LogP contribution in [0.1, 0.15) is 64.2 Å². The highest BCUT2D eigenvalue weighted by Crippen LogP contribution is 2.18. The van der Waals surface area contributed by atoms with Crippen molar-refractivity contribution >= 4 is 23.9 Å². The molecule has 14 heteroatoms. The van der Waals surface area contributed by atoms with Crippen molar-refractivity contribution in [1.29, 1.82) is 0 Å². The first-order valence-electron chi connectivity index (χ1n) is 13.3. The number of aromatic nitrogens is 4. The Morgan fingerprint density at radius 3 is 0.886 bits per heavy atom. The van der Waals surface area contributed by atoms with Crippen LogP contribution in [0.15, 0.2) is 73.3 Å². The van der Waals surface area contributed by atoms with Gasteiger partial charge >= 0.3 is 23.9 Å². The Labute approximate surface area is 250 Å². The summed E-state index contributed by atoms with van der Waals surface area (Å²) in [4.78, 5) is 67.0. The lowest BCUT2D eigenvalue weighted by molar-refractivity contribution is 0.0672. The van der Waals surface area contributed by atoms with Crippen LogP contribution in [0.25, 0.3) is 0 Å². The van der Waals surface area contributed by atoms with Crippen molar-refractivity contribution < 1.29 is 39.6 Å². The number of pyridine rings is 4. The largest absolute Gasteiger partial charge is 0.477 e. The molecule has 0 atom stereocenters. The third-order valence-corrected chi connectivity index (χ3v) is 6.68. The first-order valence-corrected chi connectivity index (χ1v) is 13.3. The van der Waals surface area contributed by atoms with Gasteiger partial charge in [-0.15, -0.1) is 0 Å². The average molecular weight is 601 g/mol. The predicted molar refractivity (Wildman–Crippen MR) is 153 cm³/mol. The van der Waals surface area contributed by atoms with E-state index >= 15 is 0 Å². The van der Waals surface area contributed by atoms with Crippen LogP contribution in [-0.4, -0.2) is 87.1 Å². The molecule has 0 spiro atoms. The maximum Gasteiger partial charge on any atom is 0.354 e. The number of rotatable bonds is 15. The molecule has 0 aromatic carbocycles. The third kappa shape index (κ3) is 8.02. The number of carboxylic acid groups (broad SMARTS) is 4. The minimum atomic E-state index is -1.22. The van der Waals surface area contributed by atoms with Gasteiger partial charge in [-0.25, -0.2) is 39.1 Å². The highest BCUT2D eigenvalue weighted by Gasteiger charge is 2.22. The lowest BCUT2D eigenvalue weighted by Gasteiger charge is -2.29. The zero-order chi connectivity index (χ0) is 31.6. The van der Waals surface area contributed by atoms with Gasteiger partial charge < -0.3 is 20.4 Å². The predicted octanol–water partition coefficient (Wildman–Crippen LogP) is 2.76. The fourth-order valence-corrected chi connectivity index (χ4v) is 4.71. The Bertz CT molecular complexity index is 1440. The quantitative estimate of drug-likeness (QED) is 0.155. The van der Waals surface area contributed by atoms with Gasteiger partial charge in [0.1, 0.15) is 0 Å². The van der Waals surface area contributed by atoms with Gasteiger partial charge in [0.15, 0.2) is 22.8 Å². The summed E-state index contributed by atoms with van der Waals surface area (Å²) >= 11 is 0. The first kappa shape index (κ1) is 31.3. The second-order valence-corrected chi connectivity index (χ2v) is 9.69. The maximum absolute atomic E-state index is 11.9. The lowest BCUT2D eigenvalue weighted by atomic mass is 10.1. The van der Waals surface area contributed by atoms with Crippen molar-refractivity contribution in [3.05, 3.63) is 118 Å². The minimum Gasteiger partial charge on any atom is -0.477 e. The third-order valence-electron chi connectivity index (χ3n) is 6.68. The zero-order valence-electron chi connectivity index (χ0n) is 23.3. The van der Waals surface area contributed by atoms with Crippen molar-refractivity contribution in [3.8, 4) is 0 Å². The van der Waals surface area contributed by atoms with Gasteiger partial charge in [-0.2, -0.15) is 0 Å². The monoisotopic (exact) mass is 600 g/mol. The van der Waals surface area contributed by atoms with Gasteiger partial charge in [-0.05, 0) is 46.5 Å². The van der Waals surface area contributed by atoms with Crippen molar-refractivity contribution in [2.75, 3.05) is 13.1 Å². The fraction of sp³-hybridized carbons (Fsp3) is 0.200. The van der Waals surface area contributed by atoms with E-state index in [4.69, 9.17) is 0 Å². The molecule has 14 nitrogen and oxygen atoms in total. The van der Waals surface area contributed by atoms with E-state index in [1.807, 2.05) is 9.80 Å². The van der Waals surface area contributed by atoms with Crippen molar-refractivity contribution in [2.24, 2.45) is 0 Å². The van der Waals surface area contributed by atoms with E-state index in [0.717, 1.165) is 0 Å². The molecule has 0 bridgehead atoms. The molecule has 0 saturated heterocycles. The molecule has 0 aliphatic heterocycles. The normalized spacial score (nSPS) is 11.0. The highest BCUT2D eigenvalue weighted by atomic mass is 16.4. The molecule has 0 amide bonds. The molecular weight excluding hydrogens is 572 g/mol. The molecule has 0 fully saturated rings. The molecule has 0 unspecified atom stereocenters. The number of carboxylic acids is 4. The summed E-state index contributed by atoms with van der Waals surface area (Å²) in [7, 11) is 0. The topological polar surface area (TPSA) is 207 Å². The van der Waals surface area contributed by atoms with Gasteiger partial charge in [0.2, 0.25) is 0 Å². The molecule has 4 heterocycles. The standard InChI is InChI=1S/C30H28N6O8/c37-27(38)23-19(5-1-9-31-23)15-35(16-20-6-2-10-32-24(20)28(39)40)13-14-36(17-21-7-3-11-33-25(21)29(41)42)18-22-8-4-12-34-26(22)30(43)44/h1-12H,13-18H2,(H,37,38)(H,39,40)(H,41,42)(H,43,44). The maximum atomic E-state index is 11.9. The number of aromatic carboxylic acids is 4. The Kier molecular flexibility index (Phi) is 10.3. The Morgan fingerprint density at radius 2 is 0.682 bits per heavy atom.